The summed E-state index contributed by atoms with van der Waals surface area (Å²) in [4.78, 5) is 33.2. The first-order valence-electron chi connectivity index (χ1n) is 10.5. The third-order valence-corrected chi connectivity index (χ3v) is 6.41. The Balaban J connectivity index is 1.37. The normalized spacial score (nSPS) is 13.5. The molecule has 0 bridgehead atoms. The van der Waals surface area contributed by atoms with Crippen LogP contribution < -0.4 is 10.6 Å². The standard InChI is InChI=1S/C24H26N4O2S/c1-3-16-7-9-18(10-8-16)22(29)25-14-17-5-4-6-19(13-17)23(30)27-24-26-20-11-12-28(2)15-21(20)31-24/h4-10,13H,3,11-12,14-15H2,1-2H3,(H,25,29)(H,26,27,30). The van der Waals surface area contributed by atoms with E-state index >= 15 is 0 Å². The third-order valence-electron chi connectivity index (χ3n) is 5.41. The first kappa shape index (κ1) is 21.2. The van der Waals surface area contributed by atoms with Gasteiger partial charge in [0.1, 0.15) is 0 Å². The number of rotatable bonds is 6. The predicted molar refractivity (Wildman–Crippen MR) is 124 cm³/mol. The van der Waals surface area contributed by atoms with Crippen LogP contribution in [-0.4, -0.2) is 35.3 Å². The molecule has 1 aromatic heterocycles. The molecule has 160 valence electrons. The summed E-state index contributed by atoms with van der Waals surface area (Å²) in [6.45, 7) is 4.30. The zero-order valence-electron chi connectivity index (χ0n) is 17.8. The summed E-state index contributed by atoms with van der Waals surface area (Å²) < 4.78 is 0. The van der Waals surface area contributed by atoms with Gasteiger partial charge in [0, 0.05) is 42.1 Å². The van der Waals surface area contributed by atoms with Crippen molar-refractivity contribution in [1.82, 2.24) is 15.2 Å². The van der Waals surface area contributed by atoms with Gasteiger partial charge in [0.15, 0.2) is 5.13 Å². The fraction of sp³-hybridized carbons (Fsp3) is 0.292. The van der Waals surface area contributed by atoms with E-state index in [1.54, 1.807) is 12.1 Å². The number of carbonyl (C=O) groups excluding carboxylic acids is 2. The molecule has 1 aliphatic rings. The van der Waals surface area contributed by atoms with Gasteiger partial charge in [-0.25, -0.2) is 4.98 Å². The van der Waals surface area contributed by atoms with E-state index in [2.05, 4.69) is 34.5 Å². The van der Waals surface area contributed by atoms with Crippen molar-refractivity contribution in [2.24, 2.45) is 0 Å². The molecule has 0 saturated carbocycles. The number of nitrogens with zero attached hydrogens (tertiary/aromatic N) is 2. The number of aromatic nitrogens is 1. The molecule has 0 unspecified atom stereocenters. The van der Waals surface area contributed by atoms with E-state index in [0.29, 0.717) is 22.8 Å². The van der Waals surface area contributed by atoms with Crippen molar-refractivity contribution in [3.8, 4) is 0 Å². The number of fused-ring (bicyclic) bond motifs is 1. The average Bonchev–Trinajstić information content (AvgIpc) is 3.19. The molecule has 2 aromatic carbocycles. The molecule has 1 aliphatic heterocycles. The lowest BCUT2D eigenvalue weighted by molar-refractivity contribution is 0.0950. The molecule has 0 atom stereocenters. The maximum Gasteiger partial charge on any atom is 0.257 e. The number of benzene rings is 2. The molecule has 2 N–H and O–H groups in total. The smallest absolute Gasteiger partial charge is 0.257 e. The Morgan fingerprint density at radius 1 is 1.06 bits per heavy atom. The van der Waals surface area contributed by atoms with Crippen molar-refractivity contribution in [3.63, 3.8) is 0 Å². The molecule has 7 heteroatoms. The van der Waals surface area contributed by atoms with Gasteiger partial charge >= 0.3 is 0 Å². The van der Waals surface area contributed by atoms with Gasteiger partial charge in [0.25, 0.3) is 11.8 Å². The second-order valence-electron chi connectivity index (χ2n) is 7.76. The predicted octanol–water partition coefficient (Wildman–Crippen LogP) is 3.88. The molecular weight excluding hydrogens is 408 g/mol. The van der Waals surface area contributed by atoms with Crippen LogP contribution in [0.5, 0.6) is 0 Å². The Hall–Kier alpha value is -3.03. The first-order chi connectivity index (χ1) is 15.0. The van der Waals surface area contributed by atoms with Gasteiger partial charge in [-0.1, -0.05) is 31.2 Å². The van der Waals surface area contributed by atoms with E-state index in [9.17, 15) is 9.59 Å². The number of hydrogen-bond acceptors (Lipinski definition) is 5. The van der Waals surface area contributed by atoms with Crippen LogP contribution in [0.4, 0.5) is 5.13 Å². The number of aryl methyl sites for hydroxylation is 1. The number of amides is 2. The highest BCUT2D eigenvalue weighted by Crippen LogP contribution is 2.28. The Morgan fingerprint density at radius 3 is 2.65 bits per heavy atom. The number of hydrogen-bond donors (Lipinski definition) is 2. The highest BCUT2D eigenvalue weighted by Gasteiger charge is 2.19. The van der Waals surface area contributed by atoms with E-state index in [0.717, 1.165) is 37.2 Å². The van der Waals surface area contributed by atoms with E-state index in [1.807, 2.05) is 36.4 Å². The van der Waals surface area contributed by atoms with Crippen molar-refractivity contribution < 1.29 is 9.59 Å². The van der Waals surface area contributed by atoms with E-state index in [-0.39, 0.29) is 11.8 Å². The van der Waals surface area contributed by atoms with Crippen LogP contribution in [0.25, 0.3) is 0 Å². The lowest BCUT2D eigenvalue weighted by Gasteiger charge is -2.20. The third kappa shape index (κ3) is 5.18. The number of thiazole rings is 1. The monoisotopic (exact) mass is 434 g/mol. The van der Waals surface area contributed by atoms with Crippen LogP contribution in [0, 0.1) is 0 Å². The van der Waals surface area contributed by atoms with E-state index in [1.165, 1.54) is 21.8 Å². The van der Waals surface area contributed by atoms with Crippen LogP contribution in [-0.2, 0) is 25.9 Å². The quantitative estimate of drug-likeness (QED) is 0.618. The van der Waals surface area contributed by atoms with Crippen molar-refractivity contribution in [1.29, 1.82) is 0 Å². The largest absolute Gasteiger partial charge is 0.348 e. The topological polar surface area (TPSA) is 74.3 Å². The van der Waals surface area contributed by atoms with Gasteiger partial charge in [-0.3, -0.25) is 14.9 Å². The number of likely N-dealkylation sites (N-methyl/N-ethyl adjacent to an activating group) is 1. The van der Waals surface area contributed by atoms with Crippen LogP contribution in [0.1, 0.15) is 49.3 Å². The summed E-state index contributed by atoms with van der Waals surface area (Å²) in [7, 11) is 2.09. The zero-order chi connectivity index (χ0) is 21.8. The Kier molecular flexibility index (Phi) is 6.44. The van der Waals surface area contributed by atoms with Crippen LogP contribution in [0.2, 0.25) is 0 Å². The van der Waals surface area contributed by atoms with Gasteiger partial charge in [0.2, 0.25) is 0 Å². The number of anilines is 1. The molecule has 2 amide bonds. The van der Waals surface area contributed by atoms with Crippen LogP contribution >= 0.6 is 11.3 Å². The highest BCUT2D eigenvalue weighted by molar-refractivity contribution is 7.15. The van der Waals surface area contributed by atoms with Crippen molar-refractivity contribution in [2.45, 2.75) is 32.9 Å². The molecule has 3 aromatic rings. The Morgan fingerprint density at radius 2 is 1.87 bits per heavy atom. The molecular formula is C24H26N4O2S. The average molecular weight is 435 g/mol. The van der Waals surface area contributed by atoms with E-state index in [4.69, 9.17) is 0 Å². The van der Waals surface area contributed by atoms with Gasteiger partial charge in [-0.2, -0.15) is 0 Å². The lowest BCUT2D eigenvalue weighted by atomic mass is 10.1. The summed E-state index contributed by atoms with van der Waals surface area (Å²) in [5.74, 6) is -0.321. The fourth-order valence-electron chi connectivity index (χ4n) is 3.54. The maximum atomic E-state index is 12.7. The Bertz CT molecular complexity index is 1090. The molecule has 0 radical (unpaired) electrons. The molecule has 6 nitrogen and oxygen atoms in total. The van der Waals surface area contributed by atoms with Gasteiger partial charge < -0.3 is 10.2 Å². The fourth-order valence-corrected chi connectivity index (χ4v) is 4.63. The Labute approximate surface area is 186 Å². The van der Waals surface area contributed by atoms with E-state index < -0.39 is 0 Å². The number of carbonyl (C=O) groups is 2. The van der Waals surface area contributed by atoms with Crippen molar-refractivity contribution in [3.05, 3.63) is 81.4 Å². The summed E-state index contributed by atoms with van der Waals surface area (Å²) in [6, 6.07) is 14.9. The minimum absolute atomic E-state index is 0.129. The second-order valence-corrected chi connectivity index (χ2v) is 8.85. The molecule has 2 heterocycles. The molecule has 0 spiro atoms. The molecule has 4 rings (SSSR count). The SMILES string of the molecule is CCc1ccc(C(=O)NCc2cccc(C(=O)Nc3nc4c(s3)CN(C)CC4)c2)cc1. The van der Waals surface area contributed by atoms with Gasteiger partial charge in [0.05, 0.1) is 5.69 Å². The maximum absolute atomic E-state index is 12.7. The molecule has 0 aliphatic carbocycles. The van der Waals surface area contributed by atoms with Gasteiger partial charge in [-0.05, 0) is 48.9 Å². The summed E-state index contributed by atoms with van der Waals surface area (Å²) in [5, 5.41) is 6.48. The molecule has 0 fully saturated rings. The lowest BCUT2D eigenvalue weighted by Crippen LogP contribution is -2.25. The molecule has 31 heavy (non-hydrogen) atoms. The second kappa shape index (κ2) is 9.41. The molecule has 0 saturated heterocycles. The van der Waals surface area contributed by atoms with Crippen molar-refractivity contribution >= 4 is 28.3 Å². The summed E-state index contributed by atoms with van der Waals surface area (Å²) in [6.07, 6.45) is 1.85. The summed E-state index contributed by atoms with van der Waals surface area (Å²) >= 11 is 1.54. The van der Waals surface area contributed by atoms with Crippen LogP contribution in [0.3, 0.4) is 0 Å². The minimum atomic E-state index is -0.192. The highest BCUT2D eigenvalue weighted by atomic mass is 32.1. The van der Waals surface area contributed by atoms with Crippen LogP contribution in [0.15, 0.2) is 48.5 Å². The first-order valence-corrected chi connectivity index (χ1v) is 11.3. The summed E-state index contributed by atoms with van der Waals surface area (Å²) in [5.41, 5.74) is 4.32. The van der Waals surface area contributed by atoms with Crippen molar-refractivity contribution in [2.75, 3.05) is 18.9 Å². The van der Waals surface area contributed by atoms with Gasteiger partial charge in [-0.15, -0.1) is 11.3 Å². The zero-order valence-corrected chi connectivity index (χ0v) is 18.6. The minimum Gasteiger partial charge on any atom is -0.348 e. The number of nitrogens with one attached hydrogen (secondary N) is 2.